The van der Waals surface area contributed by atoms with Gasteiger partial charge in [-0.05, 0) is 60.2 Å². The predicted octanol–water partition coefficient (Wildman–Crippen LogP) is 4.73. The van der Waals surface area contributed by atoms with Crippen molar-refractivity contribution in [3.63, 3.8) is 0 Å². The van der Waals surface area contributed by atoms with Crippen molar-refractivity contribution in [1.29, 1.82) is 0 Å². The molecule has 2 fully saturated rings. The monoisotopic (exact) mass is 440 g/mol. The molecule has 2 aliphatic rings. The summed E-state index contributed by atoms with van der Waals surface area (Å²) in [5, 5.41) is 3.00. The number of nitrogens with one attached hydrogen (secondary N) is 1. The number of pyridine rings is 1. The molecule has 1 N–H and O–H groups in total. The summed E-state index contributed by atoms with van der Waals surface area (Å²) in [6.45, 7) is 2.97. The van der Waals surface area contributed by atoms with Gasteiger partial charge in [-0.3, -0.25) is 9.78 Å². The van der Waals surface area contributed by atoms with Crippen molar-refractivity contribution in [2.45, 2.75) is 24.7 Å². The van der Waals surface area contributed by atoms with Crippen molar-refractivity contribution in [2.75, 3.05) is 31.5 Å². The summed E-state index contributed by atoms with van der Waals surface area (Å²) in [6.07, 6.45) is 5.55. The number of urea groups is 1. The lowest BCUT2D eigenvalue weighted by Crippen LogP contribution is -2.50. The summed E-state index contributed by atoms with van der Waals surface area (Å²) in [6, 6.07) is 21.6. The fourth-order valence-electron chi connectivity index (χ4n) is 4.69. The van der Waals surface area contributed by atoms with E-state index < -0.39 is 0 Å². The summed E-state index contributed by atoms with van der Waals surface area (Å²) in [4.78, 5) is 33.1. The largest absolute Gasteiger partial charge is 0.339 e. The smallest absolute Gasteiger partial charge is 0.321 e. The molecule has 0 aliphatic carbocycles. The minimum absolute atomic E-state index is 0.0596. The molecule has 6 nitrogen and oxygen atoms in total. The maximum Gasteiger partial charge on any atom is 0.321 e. The third kappa shape index (κ3) is 4.75. The van der Waals surface area contributed by atoms with Crippen molar-refractivity contribution in [1.82, 2.24) is 14.8 Å². The molecule has 33 heavy (non-hydrogen) atoms. The molecule has 2 aliphatic heterocycles. The molecule has 2 aromatic carbocycles. The van der Waals surface area contributed by atoms with Crippen LogP contribution >= 0.6 is 0 Å². The fourth-order valence-corrected chi connectivity index (χ4v) is 4.69. The van der Waals surface area contributed by atoms with E-state index in [1.165, 1.54) is 11.1 Å². The van der Waals surface area contributed by atoms with Crippen LogP contribution in [0.1, 0.15) is 46.2 Å². The second-order valence-corrected chi connectivity index (χ2v) is 8.87. The van der Waals surface area contributed by atoms with Gasteiger partial charge in [0.1, 0.15) is 0 Å². The first kappa shape index (κ1) is 21.2. The maximum atomic E-state index is 12.7. The lowest BCUT2D eigenvalue weighted by atomic mass is 9.89. The summed E-state index contributed by atoms with van der Waals surface area (Å²) < 4.78 is 0. The topological polar surface area (TPSA) is 65.5 Å². The number of likely N-dealkylation sites (tertiary alicyclic amines) is 2. The van der Waals surface area contributed by atoms with Gasteiger partial charge >= 0.3 is 6.03 Å². The fraction of sp³-hybridized carbons (Fsp3) is 0.296. The number of nitrogens with zero attached hydrogens (tertiary/aromatic N) is 3. The molecule has 3 aromatic rings. The molecular formula is C27H28N4O2. The summed E-state index contributed by atoms with van der Waals surface area (Å²) >= 11 is 0. The average molecular weight is 441 g/mol. The number of hydrogen-bond acceptors (Lipinski definition) is 3. The summed E-state index contributed by atoms with van der Waals surface area (Å²) in [5.41, 5.74) is 4.01. The highest BCUT2D eigenvalue weighted by atomic mass is 16.2. The van der Waals surface area contributed by atoms with E-state index in [0.29, 0.717) is 11.8 Å². The molecule has 0 radical (unpaired) electrons. The highest BCUT2D eigenvalue weighted by Crippen LogP contribution is 2.30. The van der Waals surface area contributed by atoms with Crippen LogP contribution in [0.3, 0.4) is 0 Å². The zero-order valence-electron chi connectivity index (χ0n) is 18.6. The van der Waals surface area contributed by atoms with Gasteiger partial charge in [0.25, 0.3) is 5.91 Å². The number of piperidine rings is 1. The van der Waals surface area contributed by atoms with Gasteiger partial charge in [-0.2, -0.15) is 0 Å². The minimum atomic E-state index is -0.0596. The molecule has 1 aromatic heterocycles. The number of anilines is 1. The van der Waals surface area contributed by atoms with Crippen LogP contribution in [-0.2, 0) is 0 Å². The first-order valence-electron chi connectivity index (χ1n) is 11.6. The number of carbonyl (C=O) groups excluding carboxylic acids is 2. The van der Waals surface area contributed by atoms with Crippen LogP contribution in [0.2, 0.25) is 0 Å². The number of amides is 3. The molecule has 0 spiro atoms. The van der Waals surface area contributed by atoms with Gasteiger partial charge in [-0.15, -0.1) is 0 Å². The van der Waals surface area contributed by atoms with E-state index in [4.69, 9.17) is 0 Å². The molecule has 0 unspecified atom stereocenters. The molecule has 3 heterocycles. The average Bonchev–Trinajstić information content (AvgIpc) is 2.84. The van der Waals surface area contributed by atoms with E-state index in [2.05, 4.69) is 28.5 Å². The minimum Gasteiger partial charge on any atom is -0.339 e. The quantitative estimate of drug-likeness (QED) is 0.638. The summed E-state index contributed by atoms with van der Waals surface area (Å²) in [7, 11) is 0. The van der Waals surface area contributed by atoms with Crippen LogP contribution < -0.4 is 5.32 Å². The Morgan fingerprint density at radius 1 is 0.788 bits per heavy atom. The Balaban J connectivity index is 1.10. The van der Waals surface area contributed by atoms with Crippen LogP contribution in [0.25, 0.3) is 0 Å². The van der Waals surface area contributed by atoms with Gasteiger partial charge in [0, 0.05) is 55.7 Å². The molecule has 0 saturated carbocycles. The normalized spacial score (nSPS) is 16.8. The van der Waals surface area contributed by atoms with Gasteiger partial charge in [0.15, 0.2) is 0 Å². The molecule has 6 heteroatoms. The Bertz CT molecular complexity index is 1090. The summed E-state index contributed by atoms with van der Waals surface area (Å²) in [5.74, 6) is 0.917. The zero-order valence-corrected chi connectivity index (χ0v) is 18.6. The van der Waals surface area contributed by atoms with Crippen LogP contribution in [-0.4, -0.2) is 52.9 Å². The van der Waals surface area contributed by atoms with E-state index in [1.54, 1.807) is 6.20 Å². The maximum absolute atomic E-state index is 12.7. The number of aromatic nitrogens is 1. The first-order chi connectivity index (χ1) is 16.2. The standard InChI is InChI=1S/C27H28N4O2/c32-26(22-5-2-1-3-6-22)30-15-12-21(13-16-30)20-8-10-25(11-9-20)29-27(33)31-18-24(19-31)23-7-4-14-28-17-23/h1-11,14,17,21,24H,12-13,15-16,18-19H2,(H,29,33). The molecule has 168 valence electrons. The van der Waals surface area contributed by atoms with Crippen LogP contribution in [0.4, 0.5) is 10.5 Å². The third-order valence-corrected chi connectivity index (χ3v) is 6.76. The number of hydrogen-bond donors (Lipinski definition) is 1. The number of rotatable bonds is 4. The van der Waals surface area contributed by atoms with Gasteiger partial charge in [0.05, 0.1) is 0 Å². The predicted molar refractivity (Wildman–Crippen MR) is 128 cm³/mol. The van der Waals surface area contributed by atoms with E-state index in [-0.39, 0.29) is 11.9 Å². The van der Waals surface area contributed by atoms with E-state index >= 15 is 0 Å². The Morgan fingerprint density at radius 2 is 1.52 bits per heavy atom. The van der Waals surface area contributed by atoms with Crippen molar-refractivity contribution in [2.24, 2.45) is 0 Å². The lowest BCUT2D eigenvalue weighted by Gasteiger charge is -2.39. The van der Waals surface area contributed by atoms with E-state index in [9.17, 15) is 9.59 Å². The van der Waals surface area contributed by atoms with Crippen LogP contribution in [0.5, 0.6) is 0 Å². The van der Waals surface area contributed by atoms with Crippen LogP contribution in [0, 0.1) is 0 Å². The molecule has 0 atom stereocenters. The van der Waals surface area contributed by atoms with Crippen LogP contribution in [0.15, 0.2) is 79.1 Å². The molecular weight excluding hydrogens is 412 g/mol. The van der Waals surface area contributed by atoms with Crippen molar-refractivity contribution in [3.05, 3.63) is 95.8 Å². The van der Waals surface area contributed by atoms with Gasteiger partial charge in [-0.1, -0.05) is 36.4 Å². The molecule has 0 bridgehead atoms. The van der Waals surface area contributed by atoms with Gasteiger partial charge in [-0.25, -0.2) is 4.79 Å². The lowest BCUT2D eigenvalue weighted by molar-refractivity contribution is 0.0713. The van der Waals surface area contributed by atoms with E-state index in [1.807, 2.05) is 64.5 Å². The highest BCUT2D eigenvalue weighted by Gasteiger charge is 2.32. The highest BCUT2D eigenvalue weighted by molar-refractivity contribution is 5.94. The third-order valence-electron chi connectivity index (χ3n) is 6.76. The van der Waals surface area contributed by atoms with Gasteiger partial charge < -0.3 is 15.1 Å². The number of benzene rings is 2. The molecule has 2 saturated heterocycles. The van der Waals surface area contributed by atoms with Gasteiger partial charge in [0.2, 0.25) is 0 Å². The first-order valence-corrected chi connectivity index (χ1v) is 11.6. The second kappa shape index (κ2) is 9.45. The Hall–Kier alpha value is -3.67. The molecule has 3 amide bonds. The van der Waals surface area contributed by atoms with Crippen molar-refractivity contribution < 1.29 is 9.59 Å². The zero-order chi connectivity index (χ0) is 22.6. The van der Waals surface area contributed by atoms with Crippen molar-refractivity contribution >= 4 is 17.6 Å². The number of carbonyl (C=O) groups is 2. The van der Waals surface area contributed by atoms with E-state index in [0.717, 1.165) is 50.3 Å². The Labute approximate surface area is 194 Å². The SMILES string of the molecule is O=C(Nc1ccc(C2CCN(C(=O)c3ccccc3)CC2)cc1)N1CC(c2cccnc2)C1. The molecule has 5 rings (SSSR count). The Kier molecular flexibility index (Phi) is 6.07. The second-order valence-electron chi connectivity index (χ2n) is 8.87. The van der Waals surface area contributed by atoms with Crippen molar-refractivity contribution in [3.8, 4) is 0 Å². The Morgan fingerprint density at radius 3 is 2.18 bits per heavy atom.